The largest absolute Gasteiger partial charge is 0.396 e. The lowest BCUT2D eigenvalue weighted by molar-refractivity contribution is -0.0234. The van der Waals surface area contributed by atoms with Crippen molar-refractivity contribution in [1.29, 1.82) is 0 Å². The van der Waals surface area contributed by atoms with Crippen molar-refractivity contribution in [3.63, 3.8) is 0 Å². The quantitative estimate of drug-likeness (QED) is 0.882. The molecule has 1 aromatic heterocycles. The minimum Gasteiger partial charge on any atom is -0.396 e. The molecule has 0 fully saturated rings. The maximum atomic E-state index is 13.0. The summed E-state index contributed by atoms with van der Waals surface area (Å²) < 4.78 is 26.7. The van der Waals surface area contributed by atoms with Gasteiger partial charge >= 0.3 is 0 Å². The van der Waals surface area contributed by atoms with Crippen LogP contribution in [0, 0.1) is 0 Å². The molecular formula is C7H7BrF2OS. The fraction of sp³-hybridized carbons (Fsp3) is 0.429. The molecule has 0 amide bonds. The number of aliphatic hydroxyl groups excluding tert-OH is 1. The molecular weight excluding hydrogens is 250 g/mol. The first-order valence-corrected chi connectivity index (χ1v) is 4.97. The molecule has 0 spiro atoms. The van der Waals surface area contributed by atoms with Crippen LogP contribution in [-0.2, 0) is 5.92 Å². The SMILES string of the molecule is OCCC(F)(F)c1cc(Br)cs1. The van der Waals surface area contributed by atoms with E-state index in [9.17, 15) is 8.78 Å². The Morgan fingerprint density at radius 3 is 2.67 bits per heavy atom. The van der Waals surface area contributed by atoms with Gasteiger partial charge < -0.3 is 5.11 Å². The van der Waals surface area contributed by atoms with E-state index in [0.29, 0.717) is 4.47 Å². The lowest BCUT2D eigenvalue weighted by Crippen LogP contribution is -2.13. The maximum absolute atomic E-state index is 13.0. The third-order valence-corrected chi connectivity index (χ3v) is 3.16. The van der Waals surface area contributed by atoms with Crippen molar-refractivity contribution in [1.82, 2.24) is 0 Å². The van der Waals surface area contributed by atoms with Gasteiger partial charge in [-0.2, -0.15) is 0 Å². The summed E-state index contributed by atoms with van der Waals surface area (Å²) in [6.07, 6.45) is -0.514. The topological polar surface area (TPSA) is 20.2 Å². The Labute approximate surface area is 81.2 Å². The van der Waals surface area contributed by atoms with E-state index in [0.717, 1.165) is 11.3 Å². The van der Waals surface area contributed by atoms with Crippen LogP contribution in [0.2, 0.25) is 0 Å². The molecule has 0 saturated carbocycles. The molecule has 0 unspecified atom stereocenters. The first-order valence-electron chi connectivity index (χ1n) is 3.29. The number of hydrogen-bond acceptors (Lipinski definition) is 2. The molecule has 1 N–H and O–H groups in total. The van der Waals surface area contributed by atoms with Gasteiger partial charge in [-0.15, -0.1) is 11.3 Å². The summed E-state index contributed by atoms with van der Waals surface area (Å²) in [7, 11) is 0. The summed E-state index contributed by atoms with van der Waals surface area (Å²) in [4.78, 5) is -0.0107. The number of alkyl halides is 2. The molecule has 0 aliphatic heterocycles. The second-order valence-electron chi connectivity index (χ2n) is 2.31. The van der Waals surface area contributed by atoms with Gasteiger partial charge in [-0.25, -0.2) is 8.78 Å². The summed E-state index contributed by atoms with van der Waals surface area (Å²) in [6.45, 7) is -0.498. The Balaban J connectivity index is 2.81. The number of hydrogen-bond donors (Lipinski definition) is 1. The highest BCUT2D eigenvalue weighted by atomic mass is 79.9. The standard InChI is InChI=1S/C7H7BrF2OS/c8-5-3-6(12-4-5)7(9,10)1-2-11/h3-4,11H,1-2H2. The number of aliphatic hydroxyl groups is 1. The van der Waals surface area contributed by atoms with Gasteiger partial charge in [0.05, 0.1) is 4.88 Å². The van der Waals surface area contributed by atoms with Crippen LogP contribution in [0.4, 0.5) is 8.78 Å². The van der Waals surface area contributed by atoms with E-state index < -0.39 is 19.0 Å². The Morgan fingerprint density at radius 2 is 2.25 bits per heavy atom. The smallest absolute Gasteiger partial charge is 0.284 e. The van der Waals surface area contributed by atoms with E-state index in [1.807, 2.05) is 0 Å². The van der Waals surface area contributed by atoms with Crippen LogP contribution in [0.1, 0.15) is 11.3 Å². The highest BCUT2D eigenvalue weighted by molar-refractivity contribution is 9.10. The van der Waals surface area contributed by atoms with Crippen molar-refractivity contribution in [2.45, 2.75) is 12.3 Å². The number of rotatable bonds is 3. The average Bonchev–Trinajstić information content (AvgIpc) is 2.36. The fourth-order valence-electron chi connectivity index (χ4n) is 0.768. The third-order valence-electron chi connectivity index (χ3n) is 1.35. The molecule has 5 heteroatoms. The van der Waals surface area contributed by atoms with Gasteiger partial charge in [-0.3, -0.25) is 0 Å². The van der Waals surface area contributed by atoms with Gasteiger partial charge in [0.1, 0.15) is 0 Å². The summed E-state index contributed by atoms with van der Waals surface area (Å²) in [5.41, 5.74) is 0. The van der Waals surface area contributed by atoms with Gasteiger partial charge in [-0.1, -0.05) is 0 Å². The highest BCUT2D eigenvalue weighted by Gasteiger charge is 2.32. The van der Waals surface area contributed by atoms with Crippen molar-refractivity contribution >= 4 is 27.3 Å². The molecule has 68 valence electrons. The van der Waals surface area contributed by atoms with Crippen molar-refractivity contribution < 1.29 is 13.9 Å². The van der Waals surface area contributed by atoms with Crippen LogP contribution in [0.15, 0.2) is 15.9 Å². The molecule has 0 saturated heterocycles. The Bertz CT molecular complexity index is 262. The molecule has 0 aromatic carbocycles. The first kappa shape index (κ1) is 10.1. The predicted octanol–water partition coefficient (Wildman–Crippen LogP) is 2.98. The zero-order valence-corrected chi connectivity index (χ0v) is 8.46. The fourth-order valence-corrected chi connectivity index (χ4v) is 2.21. The van der Waals surface area contributed by atoms with Crippen LogP contribution in [0.25, 0.3) is 0 Å². The average molecular weight is 257 g/mol. The number of thiophene rings is 1. The molecule has 0 atom stereocenters. The monoisotopic (exact) mass is 256 g/mol. The van der Waals surface area contributed by atoms with E-state index >= 15 is 0 Å². The lowest BCUT2D eigenvalue weighted by Gasteiger charge is -2.11. The molecule has 0 radical (unpaired) electrons. The second-order valence-corrected chi connectivity index (χ2v) is 4.13. The molecule has 1 aromatic rings. The summed E-state index contributed by atoms with van der Waals surface area (Å²) in [6, 6.07) is 1.38. The summed E-state index contributed by atoms with van der Waals surface area (Å²) in [5, 5.41) is 9.98. The maximum Gasteiger partial charge on any atom is 0.284 e. The minimum absolute atomic E-state index is 0.0107. The first-order chi connectivity index (χ1) is 5.56. The van der Waals surface area contributed by atoms with Gasteiger partial charge in [0.2, 0.25) is 0 Å². The third kappa shape index (κ3) is 2.24. The van der Waals surface area contributed by atoms with Gasteiger partial charge in [-0.05, 0) is 22.0 Å². The zero-order chi connectivity index (χ0) is 9.19. The second kappa shape index (κ2) is 3.81. The minimum atomic E-state index is -2.90. The van der Waals surface area contributed by atoms with Crippen LogP contribution < -0.4 is 0 Å². The molecule has 1 rings (SSSR count). The van der Waals surface area contributed by atoms with Crippen LogP contribution >= 0.6 is 27.3 Å². The molecule has 0 bridgehead atoms. The normalized spacial score (nSPS) is 12.0. The lowest BCUT2D eigenvalue weighted by atomic mass is 10.2. The highest BCUT2D eigenvalue weighted by Crippen LogP contribution is 2.36. The van der Waals surface area contributed by atoms with Gasteiger partial charge in [0.15, 0.2) is 0 Å². The molecule has 12 heavy (non-hydrogen) atoms. The summed E-state index contributed by atoms with van der Waals surface area (Å²) >= 11 is 4.08. The molecule has 0 aliphatic carbocycles. The van der Waals surface area contributed by atoms with Crippen LogP contribution in [0.5, 0.6) is 0 Å². The van der Waals surface area contributed by atoms with Crippen LogP contribution in [-0.4, -0.2) is 11.7 Å². The Kier molecular flexibility index (Phi) is 3.20. The van der Waals surface area contributed by atoms with Crippen molar-refractivity contribution in [3.8, 4) is 0 Å². The summed E-state index contributed by atoms with van der Waals surface area (Å²) in [5.74, 6) is -2.90. The van der Waals surface area contributed by atoms with E-state index in [-0.39, 0.29) is 4.88 Å². The van der Waals surface area contributed by atoms with Crippen molar-refractivity contribution in [2.75, 3.05) is 6.61 Å². The van der Waals surface area contributed by atoms with E-state index in [1.165, 1.54) is 6.07 Å². The van der Waals surface area contributed by atoms with E-state index in [2.05, 4.69) is 15.9 Å². The molecule has 1 heterocycles. The van der Waals surface area contributed by atoms with Crippen molar-refractivity contribution in [2.24, 2.45) is 0 Å². The van der Waals surface area contributed by atoms with E-state index in [1.54, 1.807) is 5.38 Å². The van der Waals surface area contributed by atoms with Crippen LogP contribution in [0.3, 0.4) is 0 Å². The van der Waals surface area contributed by atoms with Crippen molar-refractivity contribution in [3.05, 3.63) is 20.8 Å². The zero-order valence-electron chi connectivity index (χ0n) is 6.06. The van der Waals surface area contributed by atoms with E-state index in [4.69, 9.17) is 5.11 Å². The molecule has 1 nitrogen and oxygen atoms in total. The van der Waals surface area contributed by atoms with Gasteiger partial charge in [0.25, 0.3) is 5.92 Å². The molecule has 0 aliphatic rings. The predicted molar refractivity (Wildman–Crippen MR) is 47.6 cm³/mol. The Morgan fingerprint density at radius 1 is 1.58 bits per heavy atom. The number of halogens is 3. The van der Waals surface area contributed by atoms with Gasteiger partial charge in [0, 0.05) is 22.9 Å². The Hall–Kier alpha value is -0.0000000000000000833.